The van der Waals surface area contributed by atoms with Crippen LogP contribution in [0.1, 0.15) is 10.4 Å². The number of hydrogen-bond donors (Lipinski definition) is 3. The lowest BCUT2D eigenvalue weighted by molar-refractivity contribution is 0.0963. The molecule has 0 saturated carbocycles. The van der Waals surface area contributed by atoms with Crippen LogP contribution in [0.15, 0.2) is 47.5 Å². The molecule has 8 nitrogen and oxygen atoms in total. The number of carbonyl (C=O) groups is 1. The number of hydrogen-bond acceptors (Lipinski definition) is 5. The van der Waals surface area contributed by atoms with Crippen molar-refractivity contribution >= 4 is 22.6 Å². The smallest absolute Gasteiger partial charge is 0.268 e. The van der Waals surface area contributed by atoms with E-state index in [0.29, 0.717) is 5.56 Å². The second kappa shape index (κ2) is 6.82. The largest absolute Gasteiger partial charge is 0.382 e. The number of benzene rings is 1. The zero-order valence-corrected chi connectivity index (χ0v) is 15.0. The molecule has 4 rings (SSSR count). The van der Waals surface area contributed by atoms with E-state index in [1.165, 1.54) is 37.6 Å². The van der Waals surface area contributed by atoms with Crippen molar-refractivity contribution in [2.45, 2.75) is 0 Å². The Bertz CT molecular complexity index is 1310. The maximum atomic E-state index is 14.4. The molecule has 0 spiro atoms. The van der Waals surface area contributed by atoms with Gasteiger partial charge in [0.15, 0.2) is 5.82 Å². The maximum absolute atomic E-state index is 14.4. The first-order valence-electron chi connectivity index (χ1n) is 8.44. The van der Waals surface area contributed by atoms with Crippen LogP contribution in [0.4, 0.5) is 14.6 Å². The van der Waals surface area contributed by atoms with Gasteiger partial charge in [0.1, 0.15) is 22.7 Å². The summed E-state index contributed by atoms with van der Waals surface area (Å²) in [6, 6.07) is 6.26. The summed E-state index contributed by atoms with van der Waals surface area (Å²) in [4.78, 5) is 29.1. The lowest BCUT2D eigenvalue weighted by atomic mass is 10.1. The van der Waals surface area contributed by atoms with Gasteiger partial charge in [-0.1, -0.05) is 6.07 Å². The molecular weight excluding hydrogens is 382 g/mol. The SMILES string of the molecule is CNC(=O)c1ccnc(-c2cn(-c3c(F)cccc3F)c(=O)c3c(N)n[nH]c23)c1. The van der Waals surface area contributed by atoms with Gasteiger partial charge in [0, 0.05) is 30.6 Å². The fourth-order valence-corrected chi connectivity index (χ4v) is 3.08. The number of fused-ring (bicyclic) bond motifs is 1. The van der Waals surface area contributed by atoms with E-state index < -0.39 is 22.9 Å². The summed E-state index contributed by atoms with van der Waals surface area (Å²) in [5.41, 5.74) is 5.64. The molecule has 146 valence electrons. The number of nitrogens with zero attached hydrogens (tertiary/aromatic N) is 3. The molecule has 0 bridgehead atoms. The average molecular weight is 396 g/mol. The van der Waals surface area contributed by atoms with Gasteiger partial charge in [-0.15, -0.1) is 0 Å². The molecule has 0 aliphatic heterocycles. The quantitative estimate of drug-likeness (QED) is 0.489. The highest BCUT2D eigenvalue weighted by Gasteiger charge is 2.21. The number of para-hydroxylation sites is 1. The Morgan fingerprint density at radius 1 is 1.24 bits per heavy atom. The predicted octanol–water partition coefficient (Wildman–Crippen LogP) is 2.00. The third-order valence-electron chi connectivity index (χ3n) is 4.46. The second-order valence-electron chi connectivity index (χ2n) is 6.16. The number of pyridine rings is 2. The van der Waals surface area contributed by atoms with Gasteiger partial charge in [-0.3, -0.25) is 24.2 Å². The standard InChI is InChI=1S/C19H14F2N6O2/c1-23-18(28)9-5-6-24-13(7-9)10-8-27(16-11(20)3-2-4-12(16)21)19(29)14-15(10)25-26-17(14)22/h2-8H,1H3,(H,23,28)(H3,22,25,26). The van der Waals surface area contributed by atoms with Crippen LogP contribution >= 0.6 is 0 Å². The van der Waals surface area contributed by atoms with Crippen molar-refractivity contribution in [1.82, 2.24) is 25.1 Å². The summed E-state index contributed by atoms with van der Waals surface area (Å²) in [6.45, 7) is 0. The highest BCUT2D eigenvalue weighted by molar-refractivity contribution is 5.99. The molecule has 0 saturated heterocycles. The minimum atomic E-state index is -0.925. The molecule has 0 aliphatic rings. The van der Waals surface area contributed by atoms with Gasteiger partial charge < -0.3 is 11.1 Å². The molecule has 0 unspecified atom stereocenters. The lowest BCUT2D eigenvalue weighted by Gasteiger charge is -2.12. The Morgan fingerprint density at radius 2 is 1.97 bits per heavy atom. The third kappa shape index (κ3) is 2.90. The summed E-state index contributed by atoms with van der Waals surface area (Å²) >= 11 is 0. The Labute approximate surface area is 162 Å². The average Bonchev–Trinajstić information content (AvgIpc) is 3.11. The van der Waals surface area contributed by atoms with E-state index in [9.17, 15) is 18.4 Å². The second-order valence-corrected chi connectivity index (χ2v) is 6.16. The molecule has 3 heterocycles. The van der Waals surface area contributed by atoms with Crippen LogP contribution < -0.4 is 16.6 Å². The Balaban J connectivity index is 2.08. The number of nitrogen functional groups attached to an aromatic ring is 1. The van der Waals surface area contributed by atoms with Gasteiger partial charge in [0.2, 0.25) is 0 Å². The van der Waals surface area contributed by atoms with Gasteiger partial charge in [-0.2, -0.15) is 5.10 Å². The summed E-state index contributed by atoms with van der Waals surface area (Å²) in [6.07, 6.45) is 2.64. The van der Waals surface area contributed by atoms with Crippen LogP contribution in [0, 0.1) is 11.6 Å². The van der Waals surface area contributed by atoms with Crippen LogP contribution in [0.5, 0.6) is 0 Å². The highest BCUT2D eigenvalue weighted by Crippen LogP contribution is 2.28. The summed E-state index contributed by atoms with van der Waals surface area (Å²) in [5.74, 6) is -2.32. The predicted molar refractivity (Wildman–Crippen MR) is 103 cm³/mol. The van der Waals surface area contributed by atoms with Gasteiger partial charge >= 0.3 is 0 Å². The number of amides is 1. The molecule has 0 aliphatic carbocycles. The van der Waals surface area contributed by atoms with Crippen LogP contribution in [-0.4, -0.2) is 32.7 Å². The number of rotatable bonds is 3. The molecule has 0 fully saturated rings. The van der Waals surface area contributed by atoms with E-state index in [1.807, 2.05) is 0 Å². The first kappa shape index (κ1) is 18.3. The number of carbonyl (C=O) groups excluding carboxylic acids is 1. The minimum Gasteiger partial charge on any atom is -0.382 e. The van der Waals surface area contributed by atoms with Crippen LogP contribution in [-0.2, 0) is 0 Å². The Kier molecular flexibility index (Phi) is 4.30. The van der Waals surface area contributed by atoms with Crippen molar-refractivity contribution in [3.05, 3.63) is 70.3 Å². The first-order chi connectivity index (χ1) is 13.9. The highest BCUT2D eigenvalue weighted by atomic mass is 19.1. The number of H-pyrrole nitrogens is 1. The molecule has 3 aromatic heterocycles. The number of anilines is 1. The van der Waals surface area contributed by atoms with E-state index in [0.717, 1.165) is 16.7 Å². The van der Waals surface area contributed by atoms with Crippen LogP contribution in [0.25, 0.3) is 27.8 Å². The Morgan fingerprint density at radius 3 is 2.66 bits per heavy atom. The molecule has 4 aromatic rings. The van der Waals surface area contributed by atoms with Crippen LogP contribution in [0.3, 0.4) is 0 Å². The van der Waals surface area contributed by atoms with Gasteiger partial charge in [-0.05, 0) is 24.3 Å². The molecule has 4 N–H and O–H groups in total. The summed E-state index contributed by atoms with van der Waals surface area (Å²) < 4.78 is 29.6. The topological polar surface area (TPSA) is 119 Å². The van der Waals surface area contributed by atoms with E-state index in [1.54, 1.807) is 0 Å². The summed E-state index contributed by atoms with van der Waals surface area (Å²) in [5, 5.41) is 8.95. The minimum absolute atomic E-state index is 0.0442. The normalized spacial score (nSPS) is 11.0. The first-order valence-corrected chi connectivity index (χ1v) is 8.44. The number of halogens is 2. The molecule has 29 heavy (non-hydrogen) atoms. The van der Waals surface area contributed by atoms with Crippen molar-refractivity contribution in [3.63, 3.8) is 0 Å². The molecule has 10 heteroatoms. The maximum Gasteiger partial charge on any atom is 0.268 e. The van der Waals surface area contributed by atoms with Gasteiger partial charge in [-0.25, -0.2) is 8.78 Å². The number of nitrogens with two attached hydrogens (primary N) is 1. The fourth-order valence-electron chi connectivity index (χ4n) is 3.08. The fraction of sp³-hybridized carbons (Fsp3) is 0.0526. The monoisotopic (exact) mass is 396 g/mol. The van der Waals surface area contributed by atoms with E-state index in [-0.39, 0.29) is 33.9 Å². The van der Waals surface area contributed by atoms with Crippen molar-refractivity contribution in [2.24, 2.45) is 0 Å². The lowest BCUT2D eigenvalue weighted by Crippen LogP contribution is -2.21. The summed E-state index contributed by atoms with van der Waals surface area (Å²) in [7, 11) is 1.48. The molecule has 1 aromatic carbocycles. The molecule has 0 atom stereocenters. The van der Waals surface area contributed by atoms with E-state index >= 15 is 0 Å². The van der Waals surface area contributed by atoms with E-state index in [4.69, 9.17) is 5.73 Å². The number of nitrogens with one attached hydrogen (secondary N) is 2. The van der Waals surface area contributed by atoms with Crippen molar-refractivity contribution in [3.8, 4) is 16.9 Å². The van der Waals surface area contributed by atoms with E-state index in [2.05, 4.69) is 20.5 Å². The Hall–Kier alpha value is -4.08. The zero-order valence-electron chi connectivity index (χ0n) is 15.0. The van der Waals surface area contributed by atoms with Gasteiger partial charge in [0.05, 0.1) is 11.2 Å². The number of aromatic amines is 1. The number of aromatic nitrogens is 4. The third-order valence-corrected chi connectivity index (χ3v) is 4.46. The van der Waals surface area contributed by atoms with Crippen molar-refractivity contribution < 1.29 is 13.6 Å². The van der Waals surface area contributed by atoms with Crippen molar-refractivity contribution in [1.29, 1.82) is 0 Å². The van der Waals surface area contributed by atoms with Crippen molar-refractivity contribution in [2.75, 3.05) is 12.8 Å². The molecule has 0 radical (unpaired) electrons. The molecular formula is C19H14F2N6O2. The zero-order chi connectivity index (χ0) is 20.7. The van der Waals surface area contributed by atoms with Crippen LogP contribution in [0.2, 0.25) is 0 Å². The van der Waals surface area contributed by atoms with Gasteiger partial charge in [0.25, 0.3) is 11.5 Å². The molecule has 1 amide bonds.